The molecule has 112 valence electrons. The van der Waals surface area contributed by atoms with Crippen LogP contribution in [0.4, 0.5) is 5.69 Å². The lowest BCUT2D eigenvalue weighted by molar-refractivity contribution is -0.125. The Morgan fingerprint density at radius 1 is 1.41 bits per heavy atom. The summed E-state index contributed by atoms with van der Waals surface area (Å²) < 4.78 is 0. The van der Waals surface area contributed by atoms with E-state index in [0.29, 0.717) is 11.1 Å². The minimum Gasteiger partial charge on any atom is -0.398 e. The van der Waals surface area contributed by atoms with E-state index >= 15 is 0 Å². The van der Waals surface area contributed by atoms with Crippen molar-refractivity contribution in [2.24, 2.45) is 0 Å². The van der Waals surface area contributed by atoms with E-state index in [0.717, 1.165) is 10.9 Å². The molecule has 0 aliphatic carbocycles. The van der Waals surface area contributed by atoms with Gasteiger partial charge in [-0.2, -0.15) is 0 Å². The fourth-order valence-electron chi connectivity index (χ4n) is 2.58. The maximum atomic E-state index is 12.4. The minimum absolute atomic E-state index is 0.0590. The van der Waals surface area contributed by atoms with E-state index in [1.807, 2.05) is 6.92 Å². The number of nitrogen functional groups attached to an aromatic ring is 1. The Balaban J connectivity index is 1.98. The van der Waals surface area contributed by atoms with Gasteiger partial charge in [-0.1, -0.05) is 12.1 Å². The number of hydrogen-bond donors (Lipinski definition) is 3. The summed E-state index contributed by atoms with van der Waals surface area (Å²) in [6.45, 7) is 1.86. The summed E-state index contributed by atoms with van der Waals surface area (Å²) in [5.74, 6) is -1.42. The molecule has 2 heterocycles. The van der Waals surface area contributed by atoms with E-state index in [2.05, 4.69) is 15.6 Å². The lowest BCUT2D eigenvalue weighted by atomic mass is 10.0. The van der Waals surface area contributed by atoms with Crippen LogP contribution in [0.3, 0.4) is 0 Å². The molecule has 1 atom stereocenters. The summed E-state index contributed by atoms with van der Waals surface area (Å²) in [5.41, 5.74) is 7.56. The fourth-order valence-corrected chi connectivity index (χ4v) is 2.58. The van der Waals surface area contributed by atoms with Crippen LogP contribution in [0, 0.1) is 6.92 Å². The quantitative estimate of drug-likeness (QED) is 0.544. The van der Waals surface area contributed by atoms with Gasteiger partial charge < -0.3 is 11.1 Å². The van der Waals surface area contributed by atoms with Crippen LogP contribution in [-0.4, -0.2) is 28.7 Å². The van der Waals surface area contributed by atoms with E-state index in [-0.39, 0.29) is 12.1 Å². The van der Waals surface area contributed by atoms with Gasteiger partial charge in [0.25, 0.3) is 5.91 Å². The lowest BCUT2D eigenvalue weighted by Crippen LogP contribution is -2.40. The lowest BCUT2D eigenvalue weighted by Gasteiger charge is -2.12. The highest BCUT2D eigenvalue weighted by atomic mass is 16.2. The molecule has 0 bridgehead atoms. The van der Waals surface area contributed by atoms with Gasteiger partial charge in [0, 0.05) is 22.7 Å². The standard InChI is InChI=1S/C15H14N4O3/c1-7-6-17-13(8-3-2-4-9(16)12(7)8)15(22)18-10-5-11(20)19-14(10)21/h2-4,6,10H,5,16H2,1H3,(H,18,22)(H,19,20,21). The first-order valence-corrected chi connectivity index (χ1v) is 6.75. The Kier molecular flexibility index (Phi) is 3.25. The minimum atomic E-state index is -0.862. The van der Waals surface area contributed by atoms with Crippen LogP contribution in [0.5, 0.6) is 0 Å². The maximum Gasteiger partial charge on any atom is 0.271 e. The molecule has 3 amide bonds. The van der Waals surface area contributed by atoms with Crippen LogP contribution in [0.15, 0.2) is 24.4 Å². The van der Waals surface area contributed by atoms with Crippen molar-refractivity contribution in [1.82, 2.24) is 15.6 Å². The zero-order valence-electron chi connectivity index (χ0n) is 11.8. The van der Waals surface area contributed by atoms with Crippen LogP contribution < -0.4 is 16.4 Å². The van der Waals surface area contributed by atoms with E-state index in [1.54, 1.807) is 24.4 Å². The second-order valence-corrected chi connectivity index (χ2v) is 5.20. The molecule has 1 aliphatic heterocycles. The Labute approximate surface area is 125 Å². The number of benzene rings is 1. The number of nitrogens with one attached hydrogen (secondary N) is 2. The molecule has 1 aromatic heterocycles. The first-order chi connectivity index (χ1) is 10.5. The molecule has 7 heteroatoms. The number of nitrogens with zero attached hydrogens (tertiary/aromatic N) is 1. The molecule has 7 nitrogen and oxygen atoms in total. The van der Waals surface area contributed by atoms with E-state index in [1.165, 1.54) is 0 Å². The molecule has 2 aromatic rings. The fraction of sp³-hybridized carbons (Fsp3) is 0.200. The van der Waals surface area contributed by atoms with Crippen molar-refractivity contribution >= 4 is 34.2 Å². The molecule has 1 aliphatic rings. The number of rotatable bonds is 2. The van der Waals surface area contributed by atoms with Gasteiger partial charge in [-0.15, -0.1) is 0 Å². The van der Waals surface area contributed by atoms with Crippen molar-refractivity contribution in [2.75, 3.05) is 5.73 Å². The maximum absolute atomic E-state index is 12.4. The number of amides is 3. The SMILES string of the molecule is Cc1cnc(C(=O)NC2CC(=O)NC2=O)c2cccc(N)c12. The monoisotopic (exact) mass is 298 g/mol. The van der Waals surface area contributed by atoms with Crippen LogP contribution in [-0.2, 0) is 9.59 Å². The predicted octanol–water partition coefficient (Wildman–Crippen LogP) is 0.270. The number of pyridine rings is 1. The van der Waals surface area contributed by atoms with Gasteiger partial charge in [0.1, 0.15) is 11.7 Å². The number of fused-ring (bicyclic) bond motifs is 1. The number of hydrogen-bond acceptors (Lipinski definition) is 5. The number of aryl methyl sites for hydroxylation is 1. The van der Waals surface area contributed by atoms with Gasteiger partial charge in [0.2, 0.25) is 11.8 Å². The normalized spacial score (nSPS) is 17.6. The number of anilines is 1. The molecular weight excluding hydrogens is 284 g/mol. The molecule has 1 aromatic carbocycles. The summed E-state index contributed by atoms with van der Waals surface area (Å²) >= 11 is 0. The Morgan fingerprint density at radius 3 is 2.86 bits per heavy atom. The molecule has 1 unspecified atom stereocenters. The summed E-state index contributed by atoms with van der Waals surface area (Å²) in [6.07, 6.45) is 1.50. The van der Waals surface area contributed by atoms with E-state index in [9.17, 15) is 14.4 Å². The highest BCUT2D eigenvalue weighted by molar-refractivity contribution is 6.12. The van der Waals surface area contributed by atoms with Gasteiger partial charge in [-0.3, -0.25) is 24.7 Å². The average molecular weight is 298 g/mol. The summed E-state index contributed by atoms with van der Waals surface area (Å²) in [7, 11) is 0. The second kappa shape index (κ2) is 5.10. The summed E-state index contributed by atoms with van der Waals surface area (Å²) in [5, 5.41) is 6.05. The van der Waals surface area contributed by atoms with Crippen LogP contribution in [0.25, 0.3) is 10.8 Å². The Bertz CT molecular complexity index is 808. The summed E-state index contributed by atoms with van der Waals surface area (Å²) in [6, 6.07) is 4.38. The number of carbonyl (C=O) groups is 3. The smallest absolute Gasteiger partial charge is 0.271 e. The van der Waals surface area contributed by atoms with Gasteiger partial charge in [0.05, 0.1) is 6.42 Å². The van der Waals surface area contributed by atoms with Crippen molar-refractivity contribution in [2.45, 2.75) is 19.4 Å². The van der Waals surface area contributed by atoms with Gasteiger partial charge in [0.15, 0.2) is 0 Å². The molecule has 0 saturated carbocycles. The zero-order chi connectivity index (χ0) is 15.9. The number of aromatic nitrogens is 1. The van der Waals surface area contributed by atoms with Crippen molar-refractivity contribution < 1.29 is 14.4 Å². The van der Waals surface area contributed by atoms with Gasteiger partial charge in [-0.05, 0) is 18.6 Å². The molecule has 1 saturated heterocycles. The third-order valence-corrected chi connectivity index (χ3v) is 3.62. The van der Waals surface area contributed by atoms with Gasteiger partial charge >= 0.3 is 0 Å². The number of nitrogens with two attached hydrogens (primary N) is 1. The predicted molar refractivity (Wildman–Crippen MR) is 79.9 cm³/mol. The molecular formula is C15H14N4O3. The van der Waals surface area contributed by atoms with Gasteiger partial charge in [-0.25, -0.2) is 0 Å². The summed E-state index contributed by atoms with van der Waals surface area (Å²) in [4.78, 5) is 39.2. The number of carbonyl (C=O) groups excluding carboxylic acids is 3. The molecule has 0 radical (unpaired) electrons. The largest absolute Gasteiger partial charge is 0.398 e. The Hall–Kier alpha value is -2.96. The molecule has 0 spiro atoms. The zero-order valence-corrected chi connectivity index (χ0v) is 11.8. The molecule has 3 rings (SSSR count). The average Bonchev–Trinajstić information content (AvgIpc) is 2.77. The third-order valence-electron chi connectivity index (χ3n) is 3.62. The third kappa shape index (κ3) is 2.26. The van der Waals surface area contributed by atoms with Crippen LogP contribution >= 0.6 is 0 Å². The highest BCUT2D eigenvalue weighted by Crippen LogP contribution is 2.26. The van der Waals surface area contributed by atoms with E-state index in [4.69, 9.17) is 5.73 Å². The van der Waals surface area contributed by atoms with E-state index < -0.39 is 23.8 Å². The van der Waals surface area contributed by atoms with Crippen molar-refractivity contribution in [3.8, 4) is 0 Å². The van der Waals surface area contributed by atoms with Crippen LogP contribution in [0.1, 0.15) is 22.5 Å². The first-order valence-electron chi connectivity index (χ1n) is 6.75. The van der Waals surface area contributed by atoms with Crippen molar-refractivity contribution in [1.29, 1.82) is 0 Å². The van der Waals surface area contributed by atoms with Crippen molar-refractivity contribution in [3.05, 3.63) is 35.7 Å². The Morgan fingerprint density at radius 2 is 2.18 bits per heavy atom. The topological polar surface area (TPSA) is 114 Å². The molecule has 4 N–H and O–H groups in total. The second-order valence-electron chi connectivity index (χ2n) is 5.20. The van der Waals surface area contributed by atoms with Crippen LogP contribution in [0.2, 0.25) is 0 Å². The molecule has 1 fully saturated rings. The van der Waals surface area contributed by atoms with Crippen molar-refractivity contribution in [3.63, 3.8) is 0 Å². The first kappa shape index (κ1) is 14.0. The number of imide groups is 1. The molecule has 22 heavy (non-hydrogen) atoms. The highest BCUT2D eigenvalue weighted by Gasteiger charge is 2.32.